The van der Waals surface area contributed by atoms with E-state index in [1.54, 1.807) is 0 Å². The Morgan fingerprint density at radius 1 is 1.75 bits per heavy atom. The summed E-state index contributed by atoms with van der Waals surface area (Å²) >= 11 is 0. The Kier molecular flexibility index (Phi) is 2.88. The Hall–Kier alpha value is -1.47. The smallest absolute Gasteiger partial charge is 0.273 e. The zero-order valence-electron chi connectivity index (χ0n) is 9.19. The Bertz CT molecular complexity index is 363. The van der Waals surface area contributed by atoms with E-state index in [1.165, 1.54) is 6.20 Å². The van der Waals surface area contributed by atoms with Crippen LogP contribution in [-0.2, 0) is 9.47 Å². The summed E-state index contributed by atoms with van der Waals surface area (Å²) < 4.78 is 10.9. The van der Waals surface area contributed by atoms with Gasteiger partial charge < -0.3 is 14.8 Å². The van der Waals surface area contributed by atoms with Crippen molar-refractivity contribution in [2.45, 2.75) is 25.7 Å². The molecule has 1 fully saturated rings. The molecular formula is C9H14N4O3. The summed E-state index contributed by atoms with van der Waals surface area (Å²) in [5, 5.41) is 12.3. The second kappa shape index (κ2) is 4.18. The van der Waals surface area contributed by atoms with Gasteiger partial charge in [0.05, 0.1) is 12.8 Å². The lowest BCUT2D eigenvalue weighted by molar-refractivity contribution is -0.137. The maximum atomic E-state index is 11.5. The van der Waals surface area contributed by atoms with E-state index in [0.717, 1.165) is 0 Å². The van der Waals surface area contributed by atoms with Gasteiger partial charge in [-0.15, -0.1) is 0 Å². The average Bonchev–Trinajstić information content (AvgIpc) is 2.83. The molecule has 1 aromatic heterocycles. The van der Waals surface area contributed by atoms with Crippen molar-refractivity contribution >= 4 is 5.91 Å². The second-order valence-electron chi connectivity index (χ2n) is 4.02. The minimum Gasteiger partial charge on any atom is -0.348 e. The topological polar surface area (TPSA) is 89.1 Å². The van der Waals surface area contributed by atoms with Gasteiger partial charge in [0.1, 0.15) is 6.10 Å². The van der Waals surface area contributed by atoms with Crippen molar-refractivity contribution in [3.63, 3.8) is 0 Å². The van der Waals surface area contributed by atoms with Crippen molar-refractivity contribution in [3.05, 3.63) is 11.9 Å². The number of amides is 1. The number of aromatic nitrogens is 3. The van der Waals surface area contributed by atoms with E-state index < -0.39 is 5.79 Å². The number of carbonyl (C=O) groups excluding carboxylic acids is 1. The first kappa shape index (κ1) is 11.0. The molecular weight excluding hydrogens is 212 g/mol. The summed E-state index contributed by atoms with van der Waals surface area (Å²) in [6.45, 7) is 4.56. The highest BCUT2D eigenvalue weighted by Crippen LogP contribution is 2.21. The number of H-pyrrole nitrogens is 1. The van der Waals surface area contributed by atoms with Crippen LogP contribution >= 0.6 is 0 Å². The fourth-order valence-electron chi connectivity index (χ4n) is 1.47. The number of rotatable bonds is 3. The molecule has 1 aliphatic rings. The molecule has 7 heteroatoms. The van der Waals surface area contributed by atoms with E-state index in [-0.39, 0.29) is 17.7 Å². The summed E-state index contributed by atoms with van der Waals surface area (Å²) in [7, 11) is 0. The monoisotopic (exact) mass is 226 g/mol. The predicted molar refractivity (Wildman–Crippen MR) is 53.6 cm³/mol. The lowest BCUT2D eigenvalue weighted by Crippen LogP contribution is -2.34. The lowest BCUT2D eigenvalue weighted by atomic mass is 10.3. The highest BCUT2D eigenvalue weighted by atomic mass is 16.7. The van der Waals surface area contributed by atoms with Crippen molar-refractivity contribution in [2.75, 3.05) is 13.2 Å². The van der Waals surface area contributed by atoms with E-state index in [4.69, 9.17) is 9.47 Å². The van der Waals surface area contributed by atoms with Gasteiger partial charge in [0, 0.05) is 6.54 Å². The molecule has 0 spiro atoms. The van der Waals surface area contributed by atoms with Crippen LogP contribution in [0.2, 0.25) is 0 Å². The van der Waals surface area contributed by atoms with Crippen LogP contribution in [-0.4, -0.2) is 46.4 Å². The van der Waals surface area contributed by atoms with Crippen molar-refractivity contribution in [1.29, 1.82) is 0 Å². The van der Waals surface area contributed by atoms with Crippen LogP contribution in [0.15, 0.2) is 6.20 Å². The van der Waals surface area contributed by atoms with Crippen molar-refractivity contribution in [3.8, 4) is 0 Å². The predicted octanol–water partition coefficient (Wildman–Crippen LogP) is -0.314. The first-order chi connectivity index (χ1) is 7.57. The van der Waals surface area contributed by atoms with E-state index in [0.29, 0.717) is 13.2 Å². The van der Waals surface area contributed by atoms with Crippen LogP contribution in [0, 0.1) is 0 Å². The minimum absolute atomic E-state index is 0.120. The number of nitrogens with one attached hydrogen (secondary N) is 2. The van der Waals surface area contributed by atoms with Crippen molar-refractivity contribution < 1.29 is 14.3 Å². The first-order valence-electron chi connectivity index (χ1n) is 5.02. The molecule has 1 saturated heterocycles. The van der Waals surface area contributed by atoms with Gasteiger partial charge in [-0.3, -0.25) is 4.79 Å². The molecule has 1 unspecified atom stereocenters. The van der Waals surface area contributed by atoms with Gasteiger partial charge >= 0.3 is 0 Å². The molecule has 0 radical (unpaired) electrons. The number of ether oxygens (including phenoxy) is 2. The van der Waals surface area contributed by atoms with E-state index in [1.807, 2.05) is 13.8 Å². The fourth-order valence-corrected chi connectivity index (χ4v) is 1.47. The van der Waals surface area contributed by atoms with Crippen LogP contribution in [0.3, 0.4) is 0 Å². The Balaban J connectivity index is 1.79. The molecule has 2 heterocycles. The average molecular weight is 226 g/mol. The summed E-state index contributed by atoms with van der Waals surface area (Å²) in [5.41, 5.74) is 0.262. The van der Waals surface area contributed by atoms with Crippen LogP contribution in [0.4, 0.5) is 0 Å². The van der Waals surface area contributed by atoms with Gasteiger partial charge in [-0.2, -0.15) is 15.4 Å². The van der Waals surface area contributed by atoms with Crippen LogP contribution in [0.25, 0.3) is 0 Å². The number of aromatic amines is 1. The van der Waals surface area contributed by atoms with Crippen molar-refractivity contribution in [2.24, 2.45) is 0 Å². The largest absolute Gasteiger partial charge is 0.348 e. The molecule has 2 N–H and O–H groups in total. The zero-order chi connectivity index (χ0) is 11.6. The highest BCUT2D eigenvalue weighted by molar-refractivity contribution is 5.91. The normalized spacial score (nSPS) is 23.2. The molecule has 88 valence electrons. The SMILES string of the molecule is CC1(C)OCC(CNC(=O)c2cn[nH]n2)O1. The molecule has 1 amide bonds. The summed E-state index contributed by atoms with van der Waals surface area (Å²) in [5.74, 6) is -0.842. The summed E-state index contributed by atoms with van der Waals surface area (Å²) in [4.78, 5) is 11.5. The molecule has 0 aliphatic carbocycles. The number of hydrogen-bond donors (Lipinski definition) is 2. The zero-order valence-corrected chi connectivity index (χ0v) is 9.19. The number of carbonyl (C=O) groups is 1. The van der Waals surface area contributed by atoms with Crippen LogP contribution in [0.1, 0.15) is 24.3 Å². The van der Waals surface area contributed by atoms with E-state index >= 15 is 0 Å². The highest BCUT2D eigenvalue weighted by Gasteiger charge is 2.32. The molecule has 7 nitrogen and oxygen atoms in total. The molecule has 16 heavy (non-hydrogen) atoms. The third kappa shape index (κ3) is 2.56. The molecule has 0 bridgehead atoms. The van der Waals surface area contributed by atoms with Gasteiger partial charge in [-0.1, -0.05) is 0 Å². The number of hydrogen-bond acceptors (Lipinski definition) is 5. The van der Waals surface area contributed by atoms with Crippen molar-refractivity contribution in [1.82, 2.24) is 20.7 Å². The first-order valence-corrected chi connectivity index (χ1v) is 5.02. The third-order valence-electron chi connectivity index (χ3n) is 2.21. The minimum atomic E-state index is -0.566. The van der Waals surface area contributed by atoms with Crippen LogP contribution in [0.5, 0.6) is 0 Å². The molecule has 0 aromatic carbocycles. The molecule has 1 aromatic rings. The standard InChI is InChI=1S/C9H14N4O3/c1-9(2)15-5-6(16-9)3-10-8(14)7-4-11-13-12-7/h4,6H,3,5H2,1-2H3,(H,10,14)(H,11,12,13). The fraction of sp³-hybridized carbons (Fsp3) is 0.667. The third-order valence-corrected chi connectivity index (χ3v) is 2.21. The lowest BCUT2D eigenvalue weighted by Gasteiger charge is -2.17. The quantitative estimate of drug-likeness (QED) is 0.737. The molecule has 2 rings (SSSR count). The maximum Gasteiger partial charge on any atom is 0.273 e. The van der Waals surface area contributed by atoms with Gasteiger partial charge in [0.25, 0.3) is 5.91 Å². The molecule has 1 atom stereocenters. The molecule has 0 saturated carbocycles. The van der Waals surface area contributed by atoms with Gasteiger partial charge in [0.2, 0.25) is 0 Å². The van der Waals surface area contributed by atoms with Gasteiger partial charge in [-0.05, 0) is 13.8 Å². The Morgan fingerprint density at radius 2 is 2.56 bits per heavy atom. The van der Waals surface area contributed by atoms with E-state index in [9.17, 15) is 4.79 Å². The Morgan fingerprint density at radius 3 is 3.12 bits per heavy atom. The summed E-state index contributed by atoms with van der Waals surface area (Å²) in [6.07, 6.45) is 1.25. The van der Waals surface area contributed by atoms with Gasteiger partial charge in [0.15, 0.2) is 11.5 Å². The number of nitrogens with zero attached hydrogens (tertiary/aromatic N) is 2. The Labute approximate surface area is 92.5 Å². The summed E-state index contributed by atoms with van der Waals surface area (Å²) in [6, 6.07) is 0. The van der Waals surface area contributed by atoms with Crippen LogP contribution < -0.4 is 5.32 Å². The van der Waals surface area contributed by atoms with Gasteiger partial charge in [-0.25, -0.2) is 0 Å². The molecule has 1 aliphatic heterocycles. The van der Waals surface area contributed by atoms with E-state index in [2.05, 4.69) is 20.7 Å². The second-order valence-corrected chi connectivity index (χ2v) is 4.02. The maximum absolute atomic E-state index is 11.5.